The van der Waals surface area contributed by atoms with Crippen LogP contribution in [-0.2, 0) is 10.0 Å². The van der Waals surface area contributed by atoms with Gasteiger partial charge in [0.15, 0.2) is 5.78 Å². The van der Waals surface area contributed by atoms with Crippen LogP contribution < -0.4 is 9.62 Å². The number of halogens is 1. The number of rotatable bonds is 6. The van der Waals surface area contributed by atoms with Gasteiger partial charge in [-0.25, -0.2) is 17.5 Å². The van der Waals surface area contributed by atoms with Gasteiger partial charge in [0, 0.05) is 30.9 Å². The quantitative estimate of drug-likeness (QED) is 0.788. The van der Waals surface area contributed by atoms with Crippen molar-refractivity contribution in [3.63, 3.8) is 0 Å². The first-order chi connectivity index (χ1) is 12.3. The second-order valence-electron chi connectivity index (χ2n) is 6.51. The molecule has 1 aliphatic heterocycles. The monoisotopic (exact) mass is 376 g/mol. The Morgan fingerprint density at radius 1 is 1.23 bits per heavy atom. The smallest absolute Gasteiger partial charge is 0.240 e. The Kier molecular flexibility index (Phi) is 5.38. The zero-order valence-electron chi connectivity index (χ0n) is 14.5. The number of nitrogens with one attached hydrogen (secondary N) is 1. The molecule has 2 aromatic rings. The predicted octanol–water partition coefficient (Wildman–Crippen LogP) is 2.83. The van der Waals surface area contributed by atoms with E-state index in [9.17, 15) is 17.6 Å². The van der Waals surface area contributed by atoms with Crippen molar-refractivity contribution in [3.8, 4) is 0 Å². The summed E-state index contributed by atoms with van der Waals surface area (Å²) >= 11 is 0. The topological polar surface area (TPSA) is 66.5 Å². The zero-order valence-corrected chi connectivity index (χ0v) is 15.3. The lowest BCUT2D eigenvalue weighted by Crippen LogP contribution is -2.31. The van der Waals surface area contributed by atoms with Crippen molar-refractivity contribution in [2.24, 2.45) is 5.92 Å². The number of nitrogens with zero attached hydrogens (tertiary/aromatic N) is 1. The first-order valence-electron chi connectivity index (χ1n) is 8.46. The highest BCUT2D eigenvalue weighted by atomic mass is 32.2. The molecule has 0 bridgehead atoms. The van der Waals surface area contributed by atoms with E-state index in [1.165, 1.54) is 31.2 Å². The summed E-state index contributed by atoms with van der Waals surface area (Å²) < 4.78 is 40.6. The number of ketones is 1. The molecule has 1 saturated heterocycles. The SMILES string of the molecule is CC(=O)c1cccc(S(=O)(=O)NCC2CCN(c3ccc(F)cc3)C2)c1. The van der Waals surface area contributed by atoms with E-state index in [0.29, 0.717) is 18.7 Å². The number of Topliss-reactive ketones (excluding diaryl/α,β-unsaturated/α-hetero) is 1. The number of hydrogen-bond donors (Lipinski definition) is 1. The summed E-state index contributed by atoms with van der Waals surface area (Å²) in [4.78, 5) is 13.7. The second kappa shape index (κ2) is 7.55. The van der Waals surface area contributed by atoms with Gasteiger partial charge in [0.25, 0.3) is 0 Å². The van der Waals surface area contributed by atoms with E-state index in [1.54, 1.807) is 24.3 Å². The maximum atomic E-state index is 13.0. The Labute approximate surface area is 152 Å². The molecule has 1 heterocycles. The molecule has 0 amide bonds. The predicted molar refractivity (Wildman–Crippen MR) is 98.4 cm³/mol. The van der Waals surface area contributed by atoms with Crippen LogP contribution >= 0.6 is 0 Å². The first kappa shape index (κ1) is 18.5. The van der Waals surface area contributed by atoms with E-state index in [4.69, 9.17) is 0 Å². The fraction of sp³-hybridized carbons (Fsp3) is 0.316. The zero-order chi connectivity index (χ0) is 18.7. The van der Waals surface area contributed by atoms with Gasteiger partial charge in [0.05, 0.1) is 4.90 Å². The summed E-state index contributed by atoms with van der Waals surface area (Å²) in [7, 11) is -3.66. The van der Waals surface area contributed by atoms with Gasteiger partial charge in [-0.1, -0.05) is 12.1 Å². The lowest BCUT2D eigenvalue weighted by atomic mass is 10.1. The van der Waals surface area contributed by atoms with Crippen LogP contribution in [-0.4, -0.2) is 33.8 Å². The number of carbonyl (C=O) groups excluding carboxylic acids is 1. The third-order valence-corrected chi connectivity index (χ3v) is 6.01. The minimum Gasteiger partial charge on any atom is -0.371 e. The fourth-order valence-electron chi connectivity index (χ4n) is 3.08. The molecular formula is C19H21FN2O3S. The Morgan fingerprint density at radius 3 is 2.65 bits per heavy atom. The molecule has 0 saturated carbocycles. The molecule has 7 heteroatoms. The van der Waals surface area contributed by atoms with Gasteiger partial charge >= 0.3 is 0 Å². The third-order valence-electron chi connectivity index (χ3n) is 4.59. The Morgan fingerprint density at radius 2 is 1.96 bits per heavy atom. The molecule has 1 fully saturated rings. The van der Waals surface area contributed by atoms with Gasteiger partial charge in [-0.3, -0.25) is 4.79 Å². The molecule has 5 nitrogen and oxygen atoms in total. The van der Waals surface area contributed by atoms with Gasteiger partial charge < -0.3 is 4.90 Å². The van der Waals surface area contributed by atoms with E-state index in [1.807, 2.05) is 0 Å². The van der Waals surface area contributed by atoms with Crippen molar-refractivity contribution in [1.29, 1.82) is 0 Å². The highest BCUT2D eigenvalue weighted by Crippen LogP contribution is 2.24. The van der Waals surface area contributed by atoms with Gasteiger partial charge in [-0.2, -0.15) is 0 Å². The molecule has 26 heavy (non-hydrogen) atoms. The summed E-state index contributed by atoms with van der Waals surface area (Å²) in [5.41, 5.74) is 1.31. The van der Waals surface area contributed by atoms with Gasteiger partial charge in [-0.15, -0.1) is 0 Å². The molecule has 0 aliphatic carbocycles. The van der Waals surface area contributed by atoms with E-state index >= 15 is 0 Å². The minimum absolute atomic E-state index is 0.0959. The summed E-state index contributed by atoms with van der Waals surface area (Å²) in [6.45, 7) is 3.24. The molecule has 138 valence electrons. The van der Waals surface area contributed by atoms with Gasteiger partial charge in [0.2, 0.25) is 10.0 Å². The fourth-order valence-corrected chi connectivity index (χ4v) is 4.24. The Balaban J connectivity index is 1.61. The summed E-state index contributed by atoms with van der Waals surface area (Å²) in [5.74, 6) is -0.274. The molecule has 1 unspecified atom stereocenters. The lowest BCUT2D eigenvalue weighted by molar-refractivity contribution is 0.101. The molecule has 0 spiro atoms. The van der Waals surface area contributed by atoms with Crippen LogP contribution in [0.1, 0.15) is 23.7 Å². The van der Waals surface area contributed by atoms with Crippen LogP contribution in [0.4, 0.5) is 10.1 Å². The van der Waals surface area contributed by atoms with Crippen LogP contribution in [0.5, 0.6) is 0 Å². The molecule has 2 aromatic carbocycles. The van der Waals surface area contributed by atoms with Crippen LogP contribution in [0, 0.1) is 11.7 Å². The molecule has 0 aromatic heterocycles. The van der Waals surface area contributed by atoms with Crippen molar-refractivity contribution >= 4 is 21.5 Å². The number of sulfonamides is 1. The minimum atomic E-state index is -3.66. The molecule has 1 aliphatic rings. The van der Waals surface area contributed by atoms with Crippen molar-refractivity contribution < 1.29 is 17.6 Å². The number of anilines is 1. The van der Waals surface area contributed by atoms with E-state index in [-0.39, 0.29) is 22.4 Å². The van der Waals surface area contributed by atoms with Crippen LogP contribution in [0.15, 0.2) is 53.4 Å². The van der Waals surface area contributed by atoms with Crippen molar-refractivity contribution in [1.82, 2.24) is 4.72 Å². The number of benzene rings is 2. The average Bonchev–Trinajstić information content (AvgIpc) is 3.10. The van der Waals surface area contributed by atoms with E-state index in [0.717, 1.165) is 18.7 Å². The number of carbonyl (C=O) groups is 1. The molecule has 0 radical (unpaired) electrons. The van der Waals surface area contributed by atoms with E-state index < -0.39 is 10.0 Å². The maximum Gasteiger partial charge on any atom is 0.240 e. The van der Waals surface area contributed by atoms with Crippen LogP contribution in [0.3, 0.4) is 0 Å². The Bertz CT molecular complexity index is 897. The van der Waals surface area contributed by atoms with Gasteiger partial charge in [-0.05, 0) is 55.7 Å². The first-order valence-corrected chi connectivity index (χ1v) is 9.94. The summed E-state index contributed by atoms with van der Waals surface area (Å²) in [6, 6.07) is 12.3. The van der Waals surface area contributed by atoms with E-state index in [2.05, 4.69) is 9.62 Å². The van der Waals surface area contributed by atoms with Crippen LogP contribution in [0.25, 0.3) is 0 Å². The lowest BCUT2D eigenvalue weighted by Gasteiger charge is -2.19. The molecule has 3 rings (SSSR count). The Hall–Kier alpha value is -2.25. The normalized spacial score (nSPS) is 17.5. The van der Waals surface area contributed by atoms with Crippen LogP contribution in [0.2, 0.25) is 0 Å². The highest BCUT2D eigenvalue weighted by Gasteiger charge is 2.25. The highest BCUT2D eigenvalue weighted by molar-refractivity contribution is 7.89. The second-order valence-corrected chi connectivity index (χ2v) is 8.28. The van der Waals surface area contributed by atoms with Crippen molar-refractivity contribution in [2.45, 2.75) is 18.2 Å². The molecule has 1 N–H and O–H groups in total. The standard InChI is InChI=1S/C19H21FN2O3S/c1-14(23)16-3-2-4-19(11-16)26(24,25)21-12-15-9-10-22(13-15)18-7-5-17(20)6-8-18/h2-8,11,15,21H,9-10,12-13H2,1H3. The van der Waals surface area contributed by atoms with Crippen molar-refractivity contribution in [3.05, 3.63) is 59.9 Å². The maximum absolute atomic E-state index is 13.0. The van der Waals surface area contributed by atoms with Gasteiger partial charge in [0.1, 0.15) is 5.82 Å². The summed E-state index contributed by atoms with van der Waals surface area (Å²) in [5, 5.41) is 0. The number of hydrogen-bond acceptors (Lipinski definition) is 4. The van der Waals surface area contributed by atoms with Crippen molar-refractivity contribution in [2.75, 3.05) is 24.5 Å². The average molecular weight is 376 g/mol. The molecular weight excluding hydrogens is 355 g/mol. The third kappa shape index (κ3) is 4.28. The largest absolute Gasteiger partial charge is 0.371 e. The summed E-state index contributed by atoms with van der Waals surface area (Å²) in [6.07, 6.45) is 0.855. The molecule has 1 atom stereocenters.